The summed E-state index contributed by atoms with van der Waals surface area (Å²) in [5.74, 6) is 0. The molecule has 0 aliphatic carbocycles. The maximum atomic E-state index is 4.36. The highest BCUT2D eigenvalue weighted by Gasteiger charge is 1.87. The van der Waals surface area contributed by atoms with Gasteiger partial charge in [-0.1, -0.05) is 36.1 Å². The highest BCUT2D eigenvalue weighted by Crippen LogP contribution is 2.08. The van der Waals surface area contributed by atoms with E-state index in [4.69, 9.17) is 0 Å². The van der Waals surface area contributed by atoms with Crippen molar-refractivity contribution in [1.29, 1.82) is 0 Å². The maximum absolute atomic E-state index is 4.36. The van der Waals surface area contributed by atoms with Crippen LogP contribution in [0.2, 0.25) is 0 Å². The molecule has 0 bridgehead atoms. The molecule has 0 heterocycles. The van der Waals surface area contributed by atoms with E-state index in [1.54, 1.807) is 11.8 Å². The number of hydrogen-bond acceptors (Lipinski definition) is 2. The van der Waals surface area contributed by atoms with Gasteiger partial charge in [0.2, 0.25) is 0 Å². The molecule has 0 saturated heterocycles. The standard InChI is InChI=1S/C11H17NS/c1-5-7-8-9-13-11(4)12-10(3)6-2/h5-9H,1-4H3/b7-5-,9-8+,10-6+,12-11?. The van der Waals surface area contributed by atoms with Crippen molar-refractivity contribution in [3.05, 3.63) is 35.4 Å². The van der Waals surface area contributed by atoms with Gasteiger partial charge in [0.05, 0.1) is 5.04 Å². The molecule has 0 N–H and O–H groups in total. The minimum Gasteiger partial charge on any atom is -0.252 e. The largest absolute Gasteiger partial charge is 0.252 e. The first-order valence-corrected chi connectivity index (χ1v) is 5.21. The van der Waals surface area contributed by atoms with Gasteiger partial charge in [-0.05, 0) is 33.1 Å². The van der Waals surface area contributed by atoms with Crippen molar-refractivity contribution in [3.63, 3.8) is 0 Å². The Hall–Kier alpha value is -0.760. The molecular formula is C11H17NS. The summed E-state index contributed by atoms with van der Waals surface area (Å²) in [5.41, 5.74) is 1.06. The van der Waals surface area contributed by atoms with Gasteiger partial charge in [0.25, 0.3) is 0 Å². The Morgan fingerprint density at radius 1 is 1.15 bits per heavy atom. The predicted octanol–water partition coefficient (Wildman–Crippen LogP) is 4.15. The zero-order valence-corrected chi connectivity index (χ0v) is 9.56. The monoisotopic (exact) mass is 195 g/mol. The van der Waals surface area contributed by atoms with E-state index in [1.807, 2.05) is 57.4 Å². The second-order valence-corrected chi connectivity index (χ2v) is 3.63. The van der Waals surface area contributed by atoms with Gasteiger partial charge in [-0.3, -0.25) is 4.99 Å². The van der Waals surface area contributed by atoms with Crippen molar-refractivity contribution >= 4 is 16.8 Å². The van der Waals surface area contributed by atoms with Crippen LogP contribution in [0.5, 0.6) is 0 Å². The van der Waals surface area contributed by atoms with Gasteiger partial charge in [-0.2, -0.15) is 0 Å². The second-order valence-electron chi connectivity index (χ2n) is 2.53. The molecule has 0 atom stereocenters. The van der Waals surface area contributed by atoms with E-state index in [0.717, 1.165) is 10.7 Å². The zero-order chi connectivity index (χ0) is 10.1. The van der Waals surface area contributed by atoms with Crippen molar-refractivity contribution in [2.45, 2.75) is 27.7 Å². The molecule has 0 aromatic rings. The lowest BCUT2D eigenvalue weighted by atomic mass is 10.5. The smallest absolute Gasteiger partial charge is 0.0745 e. The van der Waals surface area contributed by atoms with Crippen LogP contribution < -0.4 is 0 Å². The molecule has 0 aliphatic heterocycles. The minimum absolute atomic E-state index is 1.06. The molecular weight excluding hydrogens is 178 g/mol. The molecule has 2 heteroatoms. The van der Waals surface area contributed by atoms with Crippen LogP contribution in [0.15, 0.2) is 40.4 Å². The van der Waals surface area contributed by atoms with E-state index in [2.05, 4.69) is 4.99 Å². The van der Waals surface area contributed by atoms with Crippen LogP contribution in [-0.4, -0.2) is 5.04 Å². The fraction of sp³-hybridized carbons (Fsp3) is 0.364. The number of nitrogens with zero attached hydrogens (tertiary/aromatic N) is 1. The van der Waals surface area contributed by atoms with E-state index in [1.165, 1.54) is 0 Å². The molecule has 0 aliphatic rings. The second kappa shape index (κ2) is 7.87. The van der Waals surface area contributed by atoms with Gasteiger partial charge in [0.15, 0.2) is 0 Å². The molecule has 0 saturated carbocycles. The molecule has 13 heavy (non-hydrogen) atoms. The molecule has 1 nitrogen and oxygen atoms in total. The van der Waals surface area contributed by atoms with Crippen LogP contribution in [0.1, 0.15) is 27.7 Å². The Labute approximate surface area is 85.3 Å². The lowest BCUT2D eigenvalue weighted by Gasteiger charge is -1.94. The third-order valence-corrected chi connectivity index (χ3v) is 2.10. The van der Waals surface area contributed by atoms with Crippen LogP contribution in [0.25, 0.3) is 0 Å². The van der Waals surface area contributed by atoms with Crippen LogP contribution >= 0.6 is 11.8 Å². The van der Waals surface area contributed by atoms with E-state index in [-0.39, 0.29) is 0 Å². The number of hydrogen-bond donors (Lipinski definition) is 0. The SMILES string of the molecule is C/C=C\C=C\SC(C)=N/C(C)=C/C. The molecule has 0 fully saturated rings. The van der Waals surface area contributed by atoms with Gasteiger partial charge < -0.3 is 0 Å². The Morgan fingerprint density at radius 2 is 1.85 bits per heavy atom. The first kappa shape index (κ1) is 12.2. The van der Waals surface area contributed by atoms with Crippen LogP contribution in [0, 0.1) is 0 Å². The van der Waals surface area contributed by atoms with Crippen molar-refractivity contribution in [2.75, 3.05) is 0 Å². The van der Waals surface area contributed by atoms with E-state index in [0.29, 0.717) is 0 Å². The number of rotatable bonds is 3. The molecule has 0 amide bonds. The van der Waals surface area contributed by atoms with E-state index < -0.39 is 0 Å². The quantitative estimate of drug-likeness (QED) is 0.374. The fourth-order valence-electron chi connectivity index (χ4n) is 0.633. The average molecular weight is 195 g/mol. The third-order valence-electron chi connectivity index (χ3n) is 1.37. The van der Waals surface area contributed by atoms with Crippen molar-refractivity contribution in [1.82, 2.24) is 0 Å². The molecule has 0 radical (unpaired) electrons. The van der Waals surface area contributed by atoms with Crippen LogP contribution in [0.3, 0.4) is 0 Å². The summed E-state index contributed by atoms with van der Waals surface area (Å²) >= 11 is 1.64. The Kier molecular flexibility index (Phi) is 7.41. The molecule has 0 spiro atoms. The zero-order valence-electron chi connectivity index (χ0n) is 8.74. The van der Waals surface area contributed by atoms with E-state index in [9.17, 15) is 0 Å². The number of aliphatic imine (C=N–C) groups is 1. The minimum atomic E-state index is 1.06. The number of allylic oxidation sites excluding steroid dienone is 5. The van der Waals surface area contributed by atoms with Gasteiger partial charge in [0, 0.05) is 5.70 Å². The first-order chi connectivity index (χ1) is 6.20. The highest BCUT2D eigenvalue weighted by molar-refractivity contribution is 8.16. The average Bonchev–Trinajstić information content (AvgIpc) is 2.12. The van der Waals surface area contributed by atoms with Crippen LogP contribution in [-0.2, 0) is 0 Å². The summed E-state index contributed by atoms with van der Waals surface area (Å²) in [7, 11) is 0. The lowest BCUT2D eigenvalue weighted by molar-refractivity contribution is 1.29. The van der Waals surface area contributed by atoms with Crippen molar-refractivity contribution in [3.8, 4) is 0 Å². The summed E-state index contributed by atoms with van der Waals surface area (Å²) in [6.07, 6.45) is 8.01. The topological polar surface area (TPSA) is 12.4 Å². The predicted molar refractivity (Wildman–Crippen MR) is 64.1 cm³/mol. The Balaban J connectivity index is 4.00. The van der Waals surface area contributed by atoms with Crippen LogP contribution in [0.4, 0.5) is 0 Å². The summed E-state index contributed by atoms with van der Waals surface area (Å²) in [6, 6.07) is 0. The van der Waals surface area contributed by atoms with Gasteiger partial charge in [-0.15, -0.1) is 0 Å². The van der Waals surface area contributed by atoms with Gasteiger partial charge in [-0.25, -0.2) is 0 Å². The summed E-state index contributed by atoms with van der Waals surface area (Å²) in [4.78, 5) is 4.36. The molecule has 72 valence electrons. The molecule has 0 aromatic heterocycles. The third kappa shape index (κ3) is 7.60. The first-order valence-electron chi connectivity index (χ1n) is 4.33. The highest BCUT2D eigenvalue weighted by atomic mass is 32.2. The maximum Gasteiger partial charge on any atom is 0.0745 e. The number of thioether (sulfide) groups is 1. The van der Waals surface area contributed by atoms with Crippen molar-refractivity contribution in [2.24, 2.45) is 4.99 Å². The van der Waals surface area contributed by atoms with E-state index >= 15 is 0 Å². The normalized spacial score (nSPS) is 14.8. The molecule has 0 aromatic carbocycles. The Morgan fingerprint density at radius 3 is 2.38 bits per heavy atom. The fourth-order valence-corrected chi connectivity index (χ4v) is 1.20. The lowest BCUT2D eigenvalue weighted by Crippen LogP contribution is -1.80. The Bertz CT molecular complexity index is 247. The summed E-state index contributed by atoms with van der Waals surface area (Å²) in [6.45, 7) is 8.00. The van der Waals surface area contributed by atoms with Gasteiger partial charge >= 0.3 is 0 Å². The molecule has 0 unspecified atom stereocenters. The summed E-state index contributed by atoms with van der Waals surface area (Å²) < 4.78 is 0. The molecule has 0 rings (SSSR count). The van der Waals surface area contributed by atoms with Crippen molar-refractivity contribution < 1.29 is 0 Å². The summed E-state index contributed by atoms with van der Waals surface area (Å²) in [5, 5.41) is 3.10. The van der Waals surface area contributed by atoms with Gasteiger partial charge in [0.1, 0.15) is 0 Å².